The minimum Gasteiger partial charge on any atom is -0.444 e. The highest BCUT2D eigenvalue weighted by molar-refractivity contribution is 5.90. The molecule has 1 amide bonds. The second-order valence-corrected chi connectivity index (χ2v) is 8.58. The summed E-state index contributed by atoms with van der Waals surface area (Å²) < 4.78 is 40.1. The molecular formula is C22H24F2N4O3. The quantitative estimate of drug-likeness (QED) is 0.591. The number of nitrogens with zero attached hydrogens (tertiary/aromatic N) is 4. The molecule has 9 heteroatoms. The van der Waals surface area contributed by atoms with E-state index >= 15 is 0 Å². The van der Waals surface area contributed by atoms with Crippen molar-refractivity contribution in [1.82, 2.24) is 14.9 Å². The van der Waals surface area contributed by atoms with Crippen molar-refractivity contribution in [1.29, 1.82) is 0 Å². The summed E-state index contributed by atoms with van der Waals surface area (Å²) in [7, 11) is 0. The van der Waals surface area contributed by atoms with Crippen LogP contribution in [0.15, 0.2) is 34.9 Å². The number of ether oxygens (including phenoxy) is 1. The van der Waals surface area contributed by atoms with E-state index in [1.165, 1.54) is 0 Å². The van der Waals surface area contributed by atoms with Gasteiger partial charge in [0.05, 0.1) is 5.69 Å². The third kappa shape index (κ3) is 4.17. The minimum absolute atomic E-state index is 0.134. The van der Waals surface area contributed by atoms with Crippen molar-refractivity contribution in [2.24, 2.45) is 0 Å². The number of rotatable bonds is 2. The number of carbonyl (C=O) groups is 1. The van der Waals surface area contributed by atoms with Crippen molar-refractivity contribution in [3.05, 3.63) is 42.1 Å². The molecule has 4 rings (SSSR count). The topological polar surface area (TPSA) is 71.7 Å². The fourth-order valence-corrected chi connectivity index (χ4v) is 3.58. The Morgan fingerprint density at radius 3 is 2.68 bits per heavy atom. The van der Waals surface area contributed by atoms with Crippen molar-refractivity contribution >= 4 is 23.2 Å². The molecule has 7 nitrogen and oxygen atoms in total. The number of benzene rings is 1. The van der Waals surface area contributed by atoms with Gasteiger partial charge in [-0.2, -0.15) is 4.98 Å². The summed E-state index contributed by atoms with van der Waals surface area (Å²) in [6.07, 6.45) is 1.18. The van der Waals surface area contributed by atoms with E-state index in [9.17, 15) is 13.6 Å². The van der Waals surface area contributed by atoms with Gasteiger partial charge in [-0.25, -0.2) is 13.6 Å². The number of amides is 1. The second kappa shape index (κ2) is 7.79. The molecule has 1 atom stereocenters. The summed E-state index contributed by atoms with van der Waals surface area (Å²) in [4.78, 5) is 24.3. The number of halogens is 2. The molecule has 0 saturated carbocycles. The first-order valence-electron chi connectivity index (χ1n) is 10.1. The van der Waals surface area contributed by atoms with Gasteiger partial charge in [0.1, 0.15) is 5.60 Å². The van der Waals surface area contributed by atoms with E-state index in [1.807, 2.05) is 32.6 Å². The van der Waals surface area contributed by atoms with Crippen LogP contribution in [-0.4, -0.2) is 52.2 Å². The SMILES string of the molecule is C[C@H]1CN(C(=O)OC(C)(C)C)CCN1c1nc2c(F)c(F)cc(-c3ccccn3)c2o1. The van der Waals surface area contributed by atoms with Gasteiger partial charge in [-0.1, -0.05) is 6.07 Å². The Balaban J connectivity index is 1.64. The average Bonchev–Trinajstić information content (AvgIpc) is 3.15. The highest BCUT2D eigenvalue weighted by Gasteiger charge is 2.33. The molecule has 0 bridgehead atoms. The van der Waals surface area contributed by atoms with Crippen LogP contribution < -0.4 is 4.90 Å². The Hall–Kier alpha value is -3.23. The molecule has 31 heavy (non-hydrogen) atoms. The fraction of sp³-hybridized carbons (Fsp3) is 0.409. The largest absolute Gasteiger partial charge is 0.444 e. The van der Waals surface area contributed by atoms with E-state index < -0.39 is 17.2 Å². The molecule has 1 saturated heterocycles. The van der Waals surface area contributed by atoms with Gasteiger partial charge in [0.15, 0.2) is 22.7 Å². The number of piperazine rings is 1. The van der Waals surface area contributed by atoms with E-state index in [0.29, 0.717) is 30.9 Å². The predicted octanol–water partition coefficient (Wildman–Crippen LogP) is 4.61. The lowest BCUT2D eigenvalue weighted by Crippen LogP contribution is -2.54. The molecule has 2 aromatic heterocycles. The number of hydrogen-bond acceptors (Lipinski definition) is 6. The predicted molar refractivity (Wildman–Crippen MR) is 112 cm³/mol. The van der Waals surface area contributed by atoms with Crippen LogP contribution in [0, 0.1) is 11.6 Å². The molecule has 0 radical (unpaired) electrons. The van der Waals surface area contributed by atoms with Crippen molar-refractivity contribution < 1.29 is 22.7 Å². The van der Waals surface area contributed by atoms with Crippen LogP contribution in [0.25, 0.3) is 22.4 Å². The molecule has 3 heterocycles. The molecule has 1 aliphatic rings. The smallest absolute Gasteiger partial charge is 0.410 e. The van der Waals surface area contributed by atoms with Crippen LogP contribution in [0.1, 0.15) is 27.7 Å². The number of aromatic nitrogens is 2. The maximum atomic E-state index is 14.5. The average molecular weight is 430 g/mol. The van der Waals surface area contributed by atoms with Crippen LogP contribution >= 0.6 is 0 Å². The lowest BCUT2D eigenvalue weighted by Gasteiger charge is -2.39. The van der Waals surface area contributed by atoms with Crippen molar-refractivity contribution in [3.8, 4) is 11.3 Å². The van der Waals surface area contributed by atoms with Crippen molar-refractivity contribution in [2.45, 2.75) is 39.3 Å². The maximum Gasteiger partial charge on any atom is 0.410 e. The zero-order valence-corrected chi connectivity index (χ0v) is 17.9. The third-order valence-corrected chi connectivity index (χ3v) is 5.01. The van der Waals surface area contributed by atoms with E-state index in [4.69, 9.17) is 9.15 Å². The standard InChI is InChI=1S/C22H24F2N4O3/c1-13-12-27(21(29)31-22(2,3)4)9-10-28(13)20-26-18-17(24)15(23)11-14(19(18)30-20)16-7-5-6-8-25-16/h5-8,11,13H,9-10,12H2,1-4H3/t13-/m0/s1. The number of pyridine rings is 1. The lowest BCUT2D eigenvalue weighted by molar-refractivity contribution is 0.0216. The number of oxazole rings is 1. The third-order valence-electron chi connectivity index (χ3n) is 5.01. The number of anilines is 1. The number of fused-ring (bicyclic) bond motifs is 1. The molecule has 0 N–H and O–H groups in total. The molecule has 1 aromatic carbocycles. The molecular weight excluding hydrogens is 406 g/mol. The first-order valence-corrected chi connectivity index (χ1v) is 10.1. The summed E-state index contributed by atoms with van der Waals surface area (Å²) in [5.41, 5.74) is 0.151. The van der Waals surface area contributed by atoms with Crippen LogP contribution in [-0.2, 0) is 4.74 Å². The Bertz CT molecular complexity index is 1110. The van der Waals surface area contributed by atoms with Gasteiger partial charge in [-0.15, -0.1) is 0 Å². The monoisotopic (exact) mass is 430 g/mol. The van der Waals surface area contributed by atoms with Gasteiger partial charge in [0, 0.05) is 37.4 Å². The molecule has 3 aromatic rings. The van der Waals surface area contributed by atoms with Crippen molar-refractivity contribution in [2.75, 3.05) is 24.5 Å². The van der Waals surface area contributed by atoms with E-state index in [2.05, 4.69) is 9.97 Å². The van der Waals surface area contributed by atoms with Gasteiger partial charge >= 0.3 is 6.09 Å². The molecule has 164 valence electrons. The Morgan fingerprint density at radius 1 is 1.26 bits per heavy atom. The normalized spacial score (nSPS) is 17.3. The van der Waals surface area contributed by atoms with Crippen LogP contribution in [0.4, 0.5) is 19.6 Å². The second-order valence-electron chi connectivity index (χ2n) is 8.58. The van der Waals surface area contributed by atoms with Gasteiger partial charge in [-0.05, 0) is 45.9 Å². The Labute approximate surface area is 178 Å². The number of hydrogen-bond donors (Lipinski definition) is 0. The van der Waals surface area contributed by atoms with E-state index in [1.54, 1.807) is 29.3 Å². The summed E-state index contributed by atoms with van der Waals surface area (Å²) >= 11 is 0. The van der Waals surface area contributed by atoms with Crippen LogP contribution in [0.3, 0.4) is 0 Å². The van der Waals surface area contributed by atoms with E-state index in [0.717, 1.165) is 6.07 Å². The van der Waals surface area contributed by atoms with Gasteiger partial charge in [0.25, 0.3) is 6.01 Å². The molecule has 0 spiro atoms. The van der Waals surface area contributed by atoms with Crippen LogP contribution in [0.2, 0.25) is 0 Å². The molecule has 0 aliphatic carbocycles. The summed E-state index contributed by atoms with van der Waals surface area (Å²) in [6.45, 7) is 8.54. The van der Waals surface area contributed by atoms with Gasteiger partial charge < -0.3 is 19.0 Å². The van der Waals surface area contributed by atoms with Crippen molar-refractivity contribution in [3.63, 3.8) is 0 Å². The first-order chi connectivity index (χ1) is 14.6. The van der Waals surface area contributed by atoms with E-state index in [-0.39, 0.29) is 29.2 Å². The highest BCUT2D eigenvalue weighted by atomic mass is 19.2. The molecule has 1 fully saturated rings. The van der Waals surface area contributed by atoms with Gasteiger partial charge in [-0.3, -0.25) is 4.98 Å². The molecule has 0 unspecified atom stereocenters. The lowest BCUT2D eigenvalue weighted by atomic mass is 10.1. The van der Waals surface area contributed by atoms with Gasteiger partial charge in [0.2, 0.25) is 0 Å². The minimum atomic E-state index is -1.07. The summed E-state index contributed by atoms with van der Waals surface area (Å²) in [5, 5.41) is 0. The maximum absolute atomic E-state index is 14.5. The summed E-state index contributed by atoms with van der Waals surface area (Å²) in [6, 6.07) is 6.26. The highest BCUT2D eigenvalue weighted by Crippen LogP contribution is 2.35. The molecule has 1 aliphatic heterocycles. The number of carbonyl (C=O) groups excluding carboxylic acids is 1. The first kappa shape index (κ1) is 21.0. The Kier molecular flexibility index (Phi) is 5.28. The fourth-order valence-electron chi connectivity index (χ4n) is 3.58. The van der Waals surface area contributed by atoms with Crippen LogP contribution in [0.5, 0.6) is 0 Å². The summed E-state index contributed by atoms with van der Waals surface area (Å²) in [5.74, 6) is -2.08. The zero-order chi connectivity index (χ0) is 22.3. The zero-order valence-electron chi connectivity index (χ0n) is 17.9. The Morgan fingerprint density at radius 2 is 2.03 bits per heavy atom.